The van der Waals surface area contributed by atoms with Crippen molar-refractivity contribution < 1.29 is 29.1 Å². The number of hydrogen-bond acceptors (Lipinski definition) is 4. The van der Waals surface area contributed by atoms with E-state index >= 15 is 0 Å². The van der Waals surface area contributed by atoms with Gasteiger partial charge in [-0.25, -0.2) is 16.8 Å². The molecule has 0 aromatic heterocycles. The molecule has 0 amide bonds. The molecule has 0 spiro atoms. The van der Waals surface area contributed by atoms with Crippen LogP contribution in [0.5, 0.6) is 0 Å². The summed E-state index contributed by atoms with van der Waals surface area (Å²) in [6, 6.07) is 0. The Hall–Kier alpha value is -0.320. The molecule has 0 heterocycles. The lowest BCUT2D eigenvalue weighted by molar-refractivity contribution is -0.849. The van der Waals surface area contributed by atoms with E-state index < -0.39 is 20.8 Å². The molecule has 0 saturated carbocycles. The first-order chi connectivity index (χ1) is 5.71. The molecule has 88 valence electrons. The van der Waals surface area contributed by atoms with E-state index in [0.717, 1.165) is 8.61 Å². The number of quaternary nitrogens is 1. The smallest absolute Gasteiger partial charge is 0.241 e. The Morgan fingerprint density at radius 1 is 0.857 bits per heavy atom. The summed E-state index contributed by atoms with van der Waals surface area (Å²) in [5.74, 6) is 0. The van der Waals surface area contributed by atoms with Gasteiger partial charge in [0, 0.05) is 0 Å². The van der Waals surface area contributed by atoms with Crippen molar-refractivity contribution in [3.63, 3.8) is 0 Å². The summed E-state index contributed by atoms with van der Waals surface area (Å²) in [7, 11) is -2.74. The zero-order valence-corrected chi connectivity index (χ0v) is 9.73. The highest BCUT2D eigenvalue weighted by Gasteiger charge is 2.01. The molecule has 0 aromatic rings. The van der Waals surface area contributed by atoms with Gasteiger partial charge in [-0.15, -0.1) is 7.77 Å². The average Bonchev–Trinajstić information content (AvgIpc) is 1.42. The van der Waals surface area contributed by atoms with Crippen molar-refractivity contribution in [3.05, 3.63) is 4.13 Å². The predicted molar refractivity (Wildman–Crippen MR) is 47.4 cm³/mol. The fraction of sp³-hybridized carbons (Fsp3) is 1.00. The zero-order chi connectivity index (χ0) is 12.2. The molecule has 0 aliphatic carbocycles. The first-order valence-electron chi connectivity index (χ1n) is 3.13. The summed E-state index contributed by atoms with van der Waals surface area (Å²) >= 11 is 0. The lowest BCUT2D eigenvalue weighted by Crippen LogP contribution is -2.27. The van der Waals surface area contributed by atoms with Gasteiger partial charge in [0.05, 0.1) is 28.2 Å². The van der Waals surface area contributed by atoms with E-state index in [9.17, 15) is 24.6 Å². The zero-order valence-electron chi connectivity index (χ0n) is 8.10. The highest BCUT2D eigenvalue weighted by molar-refractivity contribution is 8.07. The molecule has 0 aliphatic heterocycles. The third-order valence-electron chi connectivity index (χ3n) is 0.178. The average molecular weight is 254 g/mol. The van der Waals surface area contributed by atoms with Gasteiger partial charge in [-0.05, 0) is 0 Å². The predicted octanol–water partition coefficient (Wildman–Crippen LogP) is 0.111. The summed E-state index contributed by atoms with van der Waals surface area (Å²) < 4.78 is 61.1. The summed E-state index contributed by atoms with van der Waals surface area (Å²) in [4.78, 5) is 0. The van der Waals surface area contributed by atoms with Gasteiger partial charge in [-0.2, -0.15) is 0 Å². The Balaban J connectivity index is 0. The van der Waals surface area contributed by atoms with Crippen molar-refractivity contribution in [1.29, 1.82) is 0 Å². The monoisotopic (exact) mass is 254 g/mol. The van der Waals surface area contributed by atoms with Gasteiger partial charge >= 0.3 is 0 Å². The van der Waals surface area contributed by atoms with Crippen LogP contribution in [-0.2, 0) is 20.8 Å². The molecule has 0 aromatic carbocycles. The summed E-state index contributed by atoms with van der Waals surface area (Å²) in [5, 5.41) is 0. The van der Waals surface area contributed by atoms with Crippen molar-refractivity contribution in [3.8, 4) is 0 Å². The SMILES string of the molecule is C[N+](C)(C)C.O=S(=O)(F)[N-]S(=O)(=O)F. The van der Waals surface area contributed by atoms with E-state index in [4.69, 9.17) is 0 Å². The van der Waals surface area contributed by atoms with Crippen LogP contribution in [0.3, 0.4) is 0 Å². The van der Waals surface area contributed by atoms with Gasteiger partial charge < -0.3 is 8.61 Å². The molecule has 0 rings (SSSR count). The maximum absolute atomic E-state index is 11.1. The van der Waals surface area contributed by atoms with Crippen LogP contribution in [0.25, 0.3) is 4.13 Å². The van der Waals surface area contributed by atoms with Crippen LogP contribution in [0.15, 0.2) is 0 Å². The van der Waals surface area contributed by atoms with Crippen LogP contribution < -0.4 is 0 Å². The Morgan fingerprint density at radius 3 is 1.00 bits per heavy atom. The fourth-order valence-electron chi connectivity index (χ4n) is 0.106. The highest BCUT2D eigenvalue weighted by atomic mass is 32.3. The third kappa shape index (κ3) is 41.3. The Morgan fingerprint density at radius 2 is 1.00 bits per heavy atom. The van der Waals surface area contributed by atoms with E-state index in [2.05, 4.69) is 28.2 Å². The quantitative estimate of drug-likeness (QED) is 0.517. The first kappa shape index (κ1) is 16.1. The van der Waals surface area contributed by atoms with E-state index in [1.54, 1.807) is 0 Å². The number of halogens is 2. The summed E-state index contributed by atoms with van der Waals surface area (Å²) in [6.45, 7) is 0. The number of rotatable bonds is 2. The molecule has 0 bridgehead atoms. The van der Waals surface area contributed by atoms with Gasteiger partial charge in [0.2, 0.25) is 20.8 Å². The number of nitrogens with zero attached hydrogens (tertiary/aromatic N) is 2. The minimum atomic E-state index is -5.62. The van der Waals surface area contributed by atoms with Crippen LogP contribution in [0.1, 0.15) is 0 Å². The Bertz CT molecular complexity index is 319. The van der Waals surface area contributed by atoms with E-state index in [0.29, 0.717) is 0 Å². The van der Waals surface area contributed by atoms with Crippen LogP contribution in [0, 0.1) is 0 Å². The second-order valence-electron chi connectivity index (χ2n) is 3.58. The Kier molecular flexibility index (Phi) is 5.71. The van der Waals surface area contributed by atoms with Crippen LogP contribution in [0.2, 0.25) is 0 Å². The second kappa shape index (κ2) is 4.96. The van der Waals surface area contributed by atoms with Gasteiger partial charge in [-0.1, -0.05) is 0 Å². The largest absolute Gasteiger partial charge is 0.379 e. The molecule has 0 saturated heterocycles. The van der Waals surface area contributed by atoms with Gasteiger partial charge in [0.15, 0.2) is 0 Å². The molecule has 6 nitrogen and oxygen atoms in total. The molecule has 0 N–H and O–H groups in total. The molecular weight excluding hydrogens is 242 g/mol. The fourth-order valence-corrected chi connectivity index (χ4v) is 0.957. The van der Waals surface area contributed by atoms with Gasteiger partial charge in [0.25, 0.3) is 0 Å². The van der Waals surface area contributed by atoms with Gasteiger partial charge in [-0.3, -0.25) is 0 Å². The van der Waals surface area contributed by atoms with E-state index in [-0.39, 0.29) is 0 Å². The normalized spacial score (nSPS) is 13.0. The molecule has 0 radical (unpaired) electrons. The molecule has 10 heteroatoms. The van der Waals surface area contributed by atoms with Crippen molar-refractivity contribution in [2.24, 2.45) is 0 Å². The van der Waals surface area contributed by atoms with Crippen molar-refractivity contribution >= 4 is 20.8 Å². The minimum absolute atomic E-state index is 1.00. The standard InChI is InChI=1S/C4H12N.F2NO4S2/c1-5(2,3)4;1-8(4,5)3-9(2,6)7/h1-4H3;/q+1;-1. The van der Waals surface area contributed by atoms with Crippen molar-refractivity contribution in [1.82, 2.24) is 0 Å². The molecular formula is C4H12F2N2O4S2. The van der Waals surface area contributed by atoms with Crippen LogP contribution in [0.4, 0.5) is 7.77 Å². The van der Waals surface area contributed by atoms with E-state index in [1.807, 2.05) is 0 Å². The topological polar surface area (TPSA) is 82.4 Å². The summed E-state index contributed by atoms with van der Waals surface area (Å²) in [5.41, 5.74) is 0. The minimum Gasteiger partial charge on any atom is -0.379 e. The molecule has 0 atom stereocenters. The third-order valence-corrected chi connectivity index (χ3v) is 1.60. The maximum atomic E-state index is 11.1. The second-order valence-corrected chi connectivity index (χ2v) is 5.83. The maximum Gasteiger partial charge on any atom is 0.241 e. The molecule has 14 heavy (non-hydrogen) atoms. The van der Waals surface area contributed by atoms with E-state index in [1.165, 1.54) is 0 Å². The number of hydrogen-bond donors (Lipinski definition) is 0. The van der Waals surface area contributed by atoms with Crippen LogP contribution in [-0.4, -0.2) is 49.5 Å². The van der Waals surface area contributed by atoms with Crippen molar-refractivity contribution in [2.75, 3.05) is 28.2 Å². The molecule has 0 unspecified atom stereocenters. The van der Waals surface area contributed by atoms with Crippen LogP contribution >= 0.6 is 0 Å². The Labute approximate surface area is 82.8 Å². The molecule has 0 aliphatic rings. The molecule has 0 fully saturated rings. The summed E-state index contributed by atoms with van der Waals surface area (Å²) in [6.07, 6.45) is 0. The lowest BCUT2D eigenvalue weighted by Gasteiger charge is -2.14. The lowest BCUT2D eigenvalue weighted by atomic mass is 10.8. The first-order valence-corrected chi connectivity index (χ1v) is 5.81. The highest BCUT2D eigenvalue weighted by Crippen LogP contribution is 2.11. The van der Waals surface area contributed by atoms with Crippen molar-refractivity contribution in [2.45, 2.75) is 0 Å². The van der Waals surface area contributed by atoms with Gasteiger partial charge in [0.1, 0.15) is 0 Å².